The number of nitrogens with one attached hydrogen (secondary N) is 2. The van der Waals surface area contributed by atoms with Gasteiger partial charge in [-0.1, -0.05) is 13.8 Å². The fourth-order valence-electron chi connectivity index (χ4n) is 2.43. The van der Waals surface area contributed by atoms with Crippen LogP contribution in [0.1, 0.15) is 42.9 Å². The zero-order valence-electron chi connectivity index (χ0n) is 11.4. The lowest BCUT2D eigenvalue weighted by atomic mass is 10.0. The Balaban J connectivity index is 2.14. The molecule has 1 aromatic heterocycles. The molecule has 2 N–H and O–H groups in total. The predicted molar refractivity (Wildman–Crippen MR) is 70.5 cm³/mol. The van der Waals surface area contributed by atoms with Crippen LogP contribution in [0, 0.1) is 6.92 Å². The van der Waals surface area contributed by atoms with Crippen LogP contribution in [0.3, 0.4) is 0 Å². The summed E-state index contributed by atoms with van der Waals surface area (Å²) in [4.78, 5) is 14.4. The van der Waals surface area contributed by atoms with E-state index in [0.29, 0.717) is 11.7 Å². The Morgan fingerprint density at radius 1 is 1.50 bits per heavy atom. The second-order valence-corrected chi connectivity index (χ2v) is 4.97. The number of piperazine rings is 1. The highest BCUT2D eigenvalue weighted by molar-refractivity contribution is 5.92. The number of hydrogen-bond acceptors (Lipinski definition) is 3. The Kier molecular flexibility index (Phi) is 4.01. The van der Waals surface area contributed by atoms with E-state index in [1.54, 1.807) is 0 Å². The fourth-order valence-corrected chi connectivity index (χ4v) is 2.43. The lowest BCUT2D eigenvalue weighted by Crippen LogP contribution is -2.57. The lowest BCUT2D eigenvalue weighted by molar-refractivity contribution is 0.0570. The van der Waals surface area contributed by atoms with E-state index < -0.39 is 0 Å². The number of aromatic nitrogens is 2. The molecular weight excluding hydrogens is 228 g/mol. The van der Waals surface area contributed by atoms with Gasteiger partial charge in [0.2, 0.25) is 0 Å². The fraction of sp³-hybridized carbons (Fsp3) is 0.692. The molecule has 0 bridgehead atoms. The van der Waals surface area contributed by atoms with E-state index >= 15 is 0 Å². The molecule has 2 rings (SSSR count). The van der Waals surface area contributed by atoms with Crippen LogP contribution in [0.5, 0.6) is 0 Å². The first-order chi connectivity index (χ1) is 8.65. The largest absolute Gasteiger partial charge is 0.331 e. The Bertz CT molecular complexity index is 415. The Labute approximate surface area is 108 Å². The molecule has 1 aromatic rings. The van der Waals surface area contributed by atoms with Crippen LogP contribution in [-0.2, 0) is 0 Å². The van der Waals surface area contributed by atoms with Crippen LogP contribution < -0.4 is 5.32 Å². The Morgan fingerprint density at radius 3 is 2.83 bits per heavy atom. The molecule has 0 spiro atoms. The molecule has 2 heterocycles. The van der Waals surface area contributed by atoms with Crippen molar-refractivity contribution in [3.05, 3.63) is 17.5 Å². The van der Waals surface area contributed by atoms with Crippen molar-refractivity contribution in [3.8, 4) is 0 Å². The van der Waals surface area contributed by atoms with Crippen molar-refractivity contribution < 1.29 is 4.79 Å². The van der Waals surface area contributed by atoms with E-state index in [0.717, 1.165) is 31.6 Å². The summed E-state index contributed by atoms with van der Waals surface area (Å²) in [6.45, 7) is 7.83. The van der Waals surface area contributed by atoms with E-state index in [1.165, 1.54) is 0 Å². The first-order valence-corrected chi connectivity index (χ1v) is 6.72. The molecule has 1 aliphatic rings. The van der Waals surface area contributed by atoms with E-state index in [4.69, 9.17) is 0 Å². The molecule has 5 nitrogen and oxygen atoms in total. The van der Waals surface area contributed by atoms with Gasteiger partial charge in [-0.25, -0.2) is 0 Å². The van der Waals surface area contributed by atoms with Gasteiger partial charge in [-0.3, -0.25) is 9.89 Å². The van der Waals surface area contributed by atoms with Crippen LogP contribution >= 0.6 is 0 Å². The maximum atomic E-state index is 12.5. The molecule has 1 fully saturated rings. The third-order valence-corrected chi connectivity index (χ3v) is 3.65. The molecular formula is C13H22N4O. The van der Waals surface area contributed by atoms with E-state index in [1.807, 2.05) is 17.9 Å². The average Bonchev–Trinajstić information content (AvgIpc) is 2.83. The summed E-state index contributed by atoms with van der Waals surface area (Å²) in [5.41, 5.74) is 1.45. The Hall–Kier alpha value is -1.36. The van der Waals surface area contributed by atoms with Crippen LogP contribution in [0.25, 0.3) is 0 Å². The number of hydrogen-bond donors (Lipinski definition) is 2. The van der Waals surface area contributed by atoms with Gasteiger partial charge in [0.15, 0.2) is 0 Å². The summed E-state index contributed by atoms with van der Waals surface area (Å²) in [7, 11) is 0. The monoisotopic (exact) mass is 250 g/mol. The van der Waals surface area contributed by atoms with Crippen molar-refractivity contribution in [2.24, 2.45) is 0 Å². The molecule has 2 atom stereocenters. The zero-order chi connectivity index (χ0) is 13.1. The highest BCUT2D eigenvalue weighted by Crippen LogP contribution is 2.15. The van der Waals surface area contributed by atoms with Gasteiger partial charge in [-0.2, -0.15) is 5.10 Å². The molecule has 0 saturated carbocycles. The minimum Gasteiger partial charge on any atom is -0.331 e. The molecule has 100 valence electrons. The first-order valence-electron chi connectivity index (χ1n) is 6.72. The summed E-state index contributed by atoms with van der Waals surface area (Å²) in [6, 6.07) is 2.49. The Morgan fingerprint density at radius 2 is 2.28 bits per heavy atom. The van der Waals surface area contributed by atoms with Gasteiger partial charge in [0.1, 0.15) is 5.69 Å². The molecule has 2 unspecified atom stereocenters. The van der Waals surface area contributed by atoms with Crippen LogP contribution in [0.15, 0.2) is 6.07 Å². The van der Waals surface area contributed by atoms with E-state index in [-0.39, 0.29) is 11.9 Å². The lowest BCUT2D eigenvalue weighted by Gasteiger charge is -2.39. The summed E-state index contributed by atoms with van der Waals surface area (Å²) in [5, 5.41) is 10.4. The number of rotatable bonds is 3. The maximum Gasteiger partial charge on any atom is 0.274 e. The number of carbonyl (C=O) groups excluding carboxylic acids is 1. The second-order valence-electron chi connectivity index (χ2n) is 4.97. The van der Waals surface area contributed by atoms with Crippen molar-refractivity contribution in [2.75, 3.05) is 13.1 Å². The van der Waals surface area contributed by atoms with Gasteiger partial charge in [0.05, 0.1) is 0 Å². The van der Waals surface area contributed by atoms with Gasteiger partial charge in [0.25, 0.3) is 5.91 Å². The smallest absolute Gasteiger partial charge is 0.274 e. The van der Waals surface area contributed by atoms with Crippen molar-refractivity contribution in [3.63, 3.8) is 0 Å². The van der Waals surface area contributed by atoms with Gasteiger partial charge in [-0.15, -0.1) is 0 Å². The minimum absolute atomic E-state index is 0.0474. The standard InChI is InChI=1S/C13H22N4O/c1-4-10-8-17(11(5-2)7-14-10)13(18)12-6-9(3)15-16-12/h6,10-11,14H,4-5,7-8H2,1-3H3,(H,15,16). The van der Waals surface area contributed by atoms with Crippen molar-refractivity contribution in [1.82, 2.24) is 20.4 Å². The van der Waals surface area contributed by atoms with Gasteiger partial charge in [0, 0.05) is 30.9 Å². The van der Waals surface area contributed by atoms with Crippen LogP contribution in [-0.4, -0.2) is 46.2 Å². The summed E-state index contributed by atoms with van der Waals surface area (Å²) >= 11 is 0. The molecule has 5 heteroatoms. The number of aryl methyl sites for hydroxylation is 1. The van der Waals surface area contributed by atoms with Gasteiger partial charge < -0.3 is 10.2 Å². The van der Waals surface area contributed by atoms with Crippen molar-refractivity contribution in [2.45, 2.75) is 45.7 Å². The van der Waals surface area contributed by atoms with Gasteiger partial charge >= 0.3 is 0 Å². The van der Waals surface area contributed by atoms with Crippen LogP contribution in [0.2, 0.25) is 0 Å². The molecule has 1 aliphatic heterocycles. The summed E-state index contributed by atoms with van der Waals surface area (Å²) in [6.07, 6.45) is 2.01. The highest BCUT2D eigenvalue weighted by atomic mass is 16.2. The number of nitrogens with zero attached hydrogens (tertiary/aromatic N) is 2. The second kappa shape index (κ2) is 5.52. The number of aromatic amines is 1. The number of carbonyl (C=O) groups is 1. The summed E-state index contributed by atoms with van der Waals surface area (Å²) in [5.74, 6) is 0.0474. The maximum absolute atomic E-state index is 12.5. The van der Waals surface area contributed by atoms with E-state index in [2.05, 4.69) is 29.4 Å². The molecule has 0 radical (unpaired) electrons. The normalized spacial score (nSPS) is 24.3. The van der Waals surface area contributed by atoms with Gasteiger partial charge in [-0.05, 0) is 25.8 Å². The predicted octanol–water partition coefficient (Wildman–Crippen LogP) is 1.32. The zero-order valence-corrected chi connectivity index (χ0v) is 11.4. The van der Waals surface area contributed by atoms with E-state index in [9.17, 15) is 4.79 Å². The molecule has 1 saturated heterocycles. The molecule has 0 aromatic carbocycles. The highest BCUT2D eigenvalue weighted by Gasteiger charge is 2.30. The third kappa shape index (κ3) is 2.56. The molecule has 0 aliphatic carbocycles. The summed E-state index contributed by atoms with van der Waals surface area (Å²) < 4.78 is 0. The van der Waals surface area contributed by atoms with Crippen molar-refractivity contribution in [1.29, 1.82) is 0 Å². The minimum atomic E-state index is 0.0474. The quantitative estimate of drug-likeness (QED) is 0.850. The van der Waals surface area contributed by atoms with Crippen LogP contribution in [0.4, 0.5) is 0 Å². The molecule has 18 heavy (non-hydrogen) atoms. The number of amides is 1. The topological polar surface area (TPSA) is 61.0 Å². The molecule has 1 amide bonds. The first kappa shape index (κ1) is 13.1. The average molecular weight is 250 g/mol. The SMILES string of the molecule is CCC1CN(C(=O)c2cc(C)[nH]n2)C(CC)CN1. The van der Waals surface area contributed by atoms with Crippen molar-refractivity contribution >= 4 is 5.91 Å². The third-order valence-electron chi connectivity index (χ3n) is 3.65. The number of H-pyrrole nitrogens is 1.